The van der Waals surface area contributed by atoms with E-state index < -0.39 is 0 Å². The van der Waals surface area contributed by atoms with Crippen molar-refractivity contribution in [1.29, 1.82) is 0 Å². The van der Waals surface area contributed by atoms with Gasteiger partial charge in [-0.2, -0.15) is 0 Å². The SMILES string of the molecule is Cl.Cl.O=C(NCc1nccs1)C1CC2CCCCC2N1. The van der Waals surface area contributed by atoms with E-state index in [1.54, 1.807) is 17.5 Å². The fourth-order valence-corrected chi connectivity index (χ4v) is 3.70. The molecule has 2 heterocycles. The van der Waals surface area contributed by atoms with E-state index >= 15 is 0 Å². The number of rotatable bonds is 3. The summed E-state index contributed by atoms with van der Waals surface area (Å²) < 4.78 is 0. The number of thiazole rings is 1. The molecule has 114 valence electrons. The second-order valence-electron chi connectivity index (χ2n) is 5.25. The maximum atomic E-state index is 12.1. The van der Waals surface area contributed by atoms with Crippen LogP contribution in [0.25, 0.3) is 0 Å². The van der Waals surface area contributed by atoms with Gasteiger partial charge in [-0.05, 0) is 25.2 Å². The zero-order valence-corrected chi connectivity index (χ0v) is 13.7. The van der Waals surface area contributed by atoms with Crippen molar-refractivity contribution in [3.05, 3.63) is 16.6 Å². The molecule has 3 rings (SSSR count). The number of hydrogen-bond donors (Lipinski definition) is 2. The molecule has 2 fully saturated rings. The van der Waals surface area contributed by atoms with Crippen LogP contribution in [0.15, 0.2) is 11.6 Å². The molecule has 1 aliphatic carbocycles. The van der Waals surface area contributed by atoms with Gasteiger partial charge in [-0.1, -0.05) is 12.8 Å². The van der Waals surface area contributed by atoms with Crippen LogP contribution in [0.3, 0.4) is 0 Å². The van der Waals surface area contributed by atoms with E-state index in [1.807, 2.05) is 5.38 Å². The van der Waals surface area contributed by atoms with Crippen molar-refractivity contribution in [1.82, 2.24) is 15.6 Å². The maximum absolute atomic E-state index is 12.1. The Morgan fingerprint density at radius 3 is 2.90 bits per heavy atom. The van der Waals surface area contributed by atoms with Gasteiger partial charge in [0.15, 0.2) is 0 Å². The zero-order chi connectivity index (χ0) is 12.4. The first-order valence-corrected chi connectivity index (χ1v) is 7.63. The van der Waals surface area contributed by atoms with Crippen molar-refractivity contribution >= 4 is 42.1 Å². The number of nitrogens with one attached hydrogen (secondary N) is 2. The Balaban J connectivity index is 0.000001000. The third-order valence-electron chi connectivity index (χ3n) is 4.08. The Kier molecular flexibility index (Phi) is 7.23. The molecule has 4 nitrogen and oxygen atoms in total. The zero-order valence-electron chi connectivity index (χ0n) is 11.2. The van der Waals surface area contributed by atoms with Gasteiger partial charge in [-0.3, -0.25) is 4.79 Å². The molecule has 1 aliphatic heterocycles. The molecule has 1 amide bonds. The summed E-state index contributed by atoms with van der Waals surface area (Å²) in [5, 5.41) is 9.38. The second kappa shape index (κ2) is 8.17. The molecular formula is C13H21Cl2N3OS. The third-order valence-corrected chi connectivity index (χ3v) is 4.86. The average molecular weight is 338 g/mol. The summed E-state index contributed by atoms with van der Waals surface area (Å²) in [5.74, 6) is 0.856. The van der Waals surface area contributed by atoms with Crippen LogP contribution in [0.5, 0.6) is 0 Å². The fraction of sp³-hybridized carbons (Fsp3) is 0.692. The van der Waals surface area contributed by atoms with Crippen LogP contribution in [0, 0.1) is 5.92 Å². The minimum Gasteiger partial charge on any atom is -0.348 e. The van der Waals surface area contributed by atoms with Crippen molar-refractivity contribution in [2.75, 3.05) is 0 Å². The molecule has 0 aromatic carbocycles. The van der Waals surface area contributed by atoms with Crippen LogP contribution < -0.4 is 10.6 Å². The normalized spacial score (nSPS) is 27.9. The van der Waals surface area contributed by atoms with Crippen molar-refractivity contribution in [2.24, 2.45) is 5.92 Å². The second-order valence-corrected chi connectivity index (χ2v) is 6.23. The first-order chi connectivity index (χ1) is 8.83. The molecule has 1 aromatic rings. The van der Waals surface area contributed by atoms with Gasteiger partial charge < -0.3 is 10.6 Å². The monoisotopic (exact) mass is 337 g/mol. The molecule has 1 saturated carbocycles. The van der Waals surface area contributed by atoms with Gasteiger partial charge in [-0.25, -0.2) is 4.98 Å². The van der Waals surface area contributed by atoms with Gasteiger partial charge in [0.2, 0.25) is 5.91 Å². The number of carbonyl (C=O) groups excluding carboxylic acids is 1. The molecule has 3 unspecified atom stereocenters. The van der Waals surface area contributed by atoms with Crippen molar-refractivity contribution in [3.8, 4) is 0 Å². The number of amides is 1. The number of fused-ring (bicyclic) bond motifs is 1. The maximum Gasteiger partial charge on any atom is 0.237 e. The molecule has 2 N–H and O–H groups in total. The van der Waals surface area contributed by atoms with Crippen LogP contribution in [0.1, 0.15) is 37.1 Å². The third kappa shape index (κ3) is 4.07. The van der Waals surface area contributed by atoms with Gasteiger partial charge in [0.05, 0.1) is 12.6 Å². The van der Waals surface area contributed by atoms with Gasteiger partial charge in [0.25, 0.3) is 0 Å². The van der Waals surface area contributed by atoms with E-state index in [4.69, 9.17) is 0 Å². The van der Waals surface area contributed by atoms with Crippen LogP contribution in [0.4, 0.5) is 0 Å². The number of halogens is 2. The van der Waals surface area contributed by atoms with Gasteiger partial charge in [0.1, 0.15) is 5.01 Å². The van der Waals surface area contributed by atoms with Crippen LogP contribution in [0.2, 0.25) is 0 Å². The Hall–Kier alpha value is -0.360. The highest BCUT2D eigenvalue weighted by atomic mass is 35.5. The molecule has 7 heteroatoms. The van der Waals surface area contributed by atoms with Gasteiger partial charge in [0, 0.05) is 17.6 Å². The van der Waals surface area contributed by atoms with Crippen molar-refractivity contribution in [2.45, 2.75) is 50.7 Å². The molecule has 20 heavy (non-hydrogen) atoms. The van der Waals surface area contributed by atoms with E-state index in [9.17, 15) is 4.79 Å². The van der Waals surface area contributed by atoms with Crippen LogP contribution in [-0.2, 0) is 11.3 Å². The number of carbonyl (C=O) groups is 1. The summed E-state index contributed by atoms with van der Waals surface area (Å²) >= 11 is 1.58. The topological polar surface area (TPSA) is 54.0 Å². The van der Waals surface area contributed by atoms with Crippen LogP contribution in [-0.4, -0.2) is 23.0 Å². The molecule has 3 atom stereocenters. The molecule has 1 saturated heterocycles. The minimum absolute atomic E-state index is 0. The predicted molar refractivity (Wildman–Crippen MR) is 85.7 cm³/mol. The lowest BCUT2D eigenvalue weighted by atomic mass is 9.85. The van der Waals surface area contributed by atoms with E-state index in [-0.39, 0.29) is 36.8 Å². The largest absolute Gasteiger partial charge is 0.348 e. The number of nitrogens with zero attached hydrogens (tertiary/aromatic N) is 1. The summed E-state index contributed by atoms with van der Waals surface area (Å²) in [7, 11) is 0. The standard InChI is InChI=1S/C13H19N3OS.2ClH/c17-13(15-8-12-14-5-6-18-12)11-7-9-3-1-2-4-10(9)16-11;;/h5-6,9-11,16H,1-4,7-8H2,(H,15,17);2*1H. The highest BCUT2D eigenvalue weighted by Gasteiger charge is 2.37. The quantitative estimate of drug-likeness (QED) is 0.890. The van der Waals surface area contributed by atoms with Gasteiger partial charge in [-0.15, -0.1) is 36.2 Å². The minimum atomic E-state index is 0. The van der Waals surface area contributed by atoms with Gasteiger partial charge >= 0.3 is 0 Å². The van der Waals surface area contributed by atoms with E-state index in [1.165, 1.54) is 25.7 Å². The first-order valence-electron chi connectivity index (χ1n) is 6.75. The lowest BCUT2D eigenvalue weighted by Gasteiger charge is -2.24. The van der Waals surface area contributed by atoms with E-state index in [0.29, 0.717) is 12.6 Å². The Morgan fingerprint density at radius 2 is 2.20 bits per heavy atom. The molecular weight excluding hydrogens is 317 g/mol. The van der Waals surface area contributed by atoms with Crippen molar-refractivity contribution in [3.63, 3.8) is 0 Å². The number of aromatic nitrogens is 1. The first kappa shape index (κ1) is 17.7. The average Bonchev–Trinajstić information content (AvgIpc) is 3.04. The molecule has 1 aromatic heterocycles. The highest BCUT2D eigenvalue weighted by molar-refractivity contribution is 7.09. The van der Waals surface area contributed by atoms with E-state index in [0.717, 1.165) is 17.3 Å². The molecule has 0 radical (unpaired) electrons. The molecule has 0 spiro atoms. The summed E-state index contributed by atoms with van der Waals surface area (Å²) in [6.07, 6.45) is 7.94. The summed E-state index contributed by atoms with van der Waals surface area (Å²) in [6, 6.07) is 0.590. The lowest BCUT2D eigenvalue weighted by Crippen LogP contribution is -2.42. The Bertz CT molecular complexity index is 402. The van der Waals surface area contributed by atoms with Crippen LogP contribution >= 0.6 is 36.2 Å². The van der Waals surface area contributed by atoms with Crippen molar-refractivity contribution < 1.29 is 4.79 Å². The summed E-state index contributed by atoms with van der Waals surface area (Å²) in [6.45, 7) is 0.560. The Labute approximate surface area is 135 Å². The molecule has 2 aliphatic rings. The lowest BCUT2D eigenvalue weighted by molar-refractivity contribution is -0.123. The molecule has 0 bridgehead atoms. The summed E-state index contributed by atoms with van der Waals surface area (Å²) in [5.41, 5.74) is 0. The summed E-state index contributed by atoms with van der Waals surface area (Å²) in [4.78, 5) is 16.3. The Morgan fingerprint density at radius 1 is 1.40 bits per heavy atom. The predicted octanol–water partition coefficient (Wildman–Crippen LogP) is 2.52. The number of hydrogen-bond acceptors (Lipinski definition) is 4. The highest BCUT2D eigenvalue weighted by Crippen LogP contribution is 2.33. The fourth-order valence-electron chi connectivity index (χ4n) is 3.15. The van der Waals surface area contributed by atoms with E-state index in [2.05, 4.69) is 15.6 Å². The smallest absolute Gasteiger partial charge is 0.237 e.